The van der Waals surface area contributed by atoms with Gasteiger partial charge in [-0.3, -0.25) is 4.68 Å². The van der Waals surface area contributed by atoms with E-state index in [9.17, 15) is 8.42 Å². The van der Waals surface area contributed by atoms with E-state index in [1.54, 1.807) is 10.9 Å². The Kier molecular flexibility index (Phi) is 2.62. The number of aromatic nitrogens is 3. The molecule has 0 unspecified atom stereocenters. The molecule has 6 heteroatoms. The van der Waals surface area contributed by atoms with Crippen molar-refractivity contribution in [3.05, 3.63) is 24.0 Å². The van der Waals surface area contributed by atoms with Crippen LogP contribution in [0.2, 0.25) is 0 Å². The molecular formula is C12H15N3O2S. The predicted molar refractivity (Wildman–Crippen MR) is 69.1 cm³/mol. The van der Waals surface area contributed by atoms with Crippen molar-refractivity contribution in [2.75, 3.05) is 11.5 Å². The molecule has 1 aliphatic rings. The van der Waals surface area contributed by atoms with Gasteiger partial charge in [-0.2, -0.15) is 5.10 Å². The van der Waals surface area contributed by atoms with Crippen molar-refractivity contribution < 1.29 is 8.42 Å². The third-order valence-corrected chi connectivity index (χ3v) is 5.29. The predicted octanol–water partition coefficient (Wildman–Crippen LogP) is 1.26. The van der Waals surface area contributed by atoms with Crippen LogP contribution in [0.1, 0.15) is 24.5 Å². The minimum Gasteiger partial charge on any atom is -0.250 e. The summed E-state index contributed by atoms with van der Waals surface area (Å²) < 4.78 is 24.6. The first-order valence-electron chi connectivity index (χ1n) is 6.04. The lowest BCUT2D eigenvalue weighted by molar-refractivity contribution is 0.545. The highest BCUT2D eigenvalue weighted by molar-refractivity contribution is 7.91. The van der Waals surface area contributed by atoms with Crippen LogP contribution in [0.25, 0.3) is 11.0 Å². The van der Waals surface area contributed by atoms with E-state index in [0.717, 1.165) is 16.7 Å². The minimum atomic E-state index is -2.81. The molecule has 0 spiro atoms. The van der Waals surface area contributed by atoms with Gasteiger partial charge in [-0.05, 0) is 25.0 Å². The maximum absolute atomic E-state index is 11.4. The SMILES string of the molecule is Cn1ncc2ccc(C3CCS(=O)(=O)CC3)nc21. The molecule has 0 aliphatic carbocycles. The third-order valence-electron chi connectivity index (χ3n) is 3.58. The molecule has 0 radical (unpaired) electrons. The van der Waals surface area contributed by atoms with Gasteiger partial charge in [0.2, 0.25) is 0 Å². The molecule has 2 aromatic heterocycles. The summed E-state index contributed by atoms with van der Waals surface area (Å²) in [5.41, 5.74) is 1.85. The number of fused-ring (bicyclic) bond motifs is 1. The van der Waals surface area contributed by atoms with Crippen molar-refractivity contribution in [3.8, 4) is 0 Å². The van der Waals surface area contributed by atoms with Gasteiger partial charge in [-0.1, -0.05) is 0 Å². The van der Waals surface area contributed by atoms with Crippen molar-refractivity contribution in [1.29, 1.82) is 0 Å². The lowest BCUT2D eigenvalue weighted by Crippen LogP contribution is -2.22. The van der Waals surface area contributed by atoms with Gasteiger partial charge in [-0.25, -0.2) is 13.4 Å². The Morgan fingerprint density at radius 1 is 1.28 bits per heavy atom. The summed E-state index contributed by atoms with van der Waals surface area (Å²) in [5.74, 6) is 0.818. The molecule has 1 aliphatic heterocycles. The summed E-state index contributed by atoms with van der Waals surface area (Å²) in [6.45, 7) is 0. The van der Waals surface area contributed by atoms with Crippen LogP contribution >= 0.6 is 0 Å². The smallest absolute Gasteiger partial charge is 0.157 e. The van der Waals surface area contributed by atoms with E-state index < -0.39 is 9.84 Å². The van der Waals surface area contributed by atoms with E-state index in [2.05, 4.69) is 10.1 Å². The average molecular weight is 265 g/mol. The molecule has 0 amide bonds. The second-order valence-electron chi connectivity index (χ2n) is 4.84. The van der Waals surface area contributed by atoms with E-state index in [-0.39, 0.29) is 17.4 Å². The minimum absolute atomic E-state index is 0.257. The molecule has 96 valence electrons. The van der Waals surface area contributed by atoms with E-state index in [0.29, 0.717) is 12.8 Å². The molecule has 0 N–H and O–H groups in total. The number of aryl methyl sites for hydroxylation is 1. The molecule has 1 saturated heterocycles. The van der Waals surface area contributed by atoms with Gasteiger partial charge in [0.15, 0.2) is 5.65 Å². The number of hydrogen-bond acceptors (Lipinski definition) is 4. The summed E-state index contributed by atoms with van der Waals surface area (Å²) in [5, 5.41) is 5.18. The van der Waals surface area contributed by atoms with Crippen molar-refractivity contribution in [2.45, 2.75) is 18.8 Å². The molecule has 1 fully saturated rings. The molecule has 3 heterocycles. The van der Waals surface area contributed by atoms with Crippen LogP contribution < -0.4 is 0 Å². The first-order valence-corrected chi connectivity index (χ1v) is 7.86. The molecule has 5 nitrogen and oxygen atoms in total. The van der Waals surface area contributed by atoms with Crippen LogP contribution in [0.4, 0.5) is 0 Å². The number of hydrogen-bond donors (Lipinski definition) is 0. The van der Waals surface area contributed by atoms with Gasteiger partial charge in [0.05, 0.1) is 17.7 Å². The monoisotopic (exact) mass is 265 g/mol. The summed E-state index contributed by atoms with van der Waals surface area (Å²) in [6, 6.07) is 4.00. The Morgan fingerprint density at radius 3 is 2.72 bits per heavy atom. The largest absolute Gasteiger partial charge is 0.250 e. The quantitative estimate of drug-likeness (QED) is 0.778. The lowest BCUT2D eigenvalue weighted by atomic mass is 9.98. The standard InChI is InChI=1S/C12H15N3O2S/c1-15-12-10(8-13-15)2-3-11(14-12)9-4-6-18(16,17)7-5-9/h2-3,8-9H,4-7H2,1H3. The fraction of sp³-hybridized carbons (Fsp3) is 0.500. The van der Waals surface area contributed by atoms with Crippen LogP contribution in [-0.4, -0.2) is 34.7 Å². The van der Waals surface area contributed by atoms with E-state index in [1.807, 2.05) is 19.2 Å². The van der Waals surface area contributed by atoms with Gasteiger partial charge in [0.1, 0.15) is 9.84 Å². The van der Waals surface area contributed by atoms with Crippen molar-refractivity contribution in [3.63, 3.8) is 0 Å². The van der Waals surface area contributed by atoms with Crippen molar-refractivity contribution in [2.24, 2.45) is 7.05 Å². The Balaban J connectivity index is 1.93. The molecular weight excluding hydrogens is 250 g/mol. The van der Waals surface area contributed by atoms with Gasteiger partial charge < -0.3 is 0 Å². The fourth-order valence-electron chi connectivity index (χ4n) is 2.45. The normalized spacial score (nSPS) is 20.3. The topological polar surface area (TPSA) is 64.8 Å². The second-order valence-corrected chi connectivity index (χ2v) is 7.15. The zero-order valence-electron chi connectivity index (χ0n) is 10.2. The van der Waals surface area contributed by atoms with Crippen molar-refractivity contribution >= 4 is 20.9 Å². The Hall–Kier alpha value is -1.43. The van der Waals surface area contributed by atoms with Crippen LogP contribution in [0, 0.1) is 0 Å². The highest BCUT2D eigenvalue weighted by Gasteiger charge is 2.25. The zero-order valence-corrected chi connectivity index (χ0v) is 11.0. The van der Waals surface area contributed by atoms with Gasteiger partial charge >= 0.3 is 0 Å². The molecule has 3 rings (SSSR count). The summed E-state index contributed by atoms with van der Waals surface area (Å²) in [6.07, 6.45) is 3.15. The second kappa shape index (κ2) is 4.05. The first-order chi connectivity index (χ1) is 8.55. The highest BCUT2D eigenvalue weighted by atomic mass is 32.2. The Morgan fingerprint density at radius 2 is 2.00 bits per heavy atom. The van der Waals surface area contributed by atoms with E-state index >= 15 is 0 Å². The summed E-state index contributed by atoms with van der Waals surface area (Å²) in [7, 11) is -0.943. The fourth-order valence-corrected chi connectivity index (χ4v) is 3.94. The van der Waals surface area contributed by atoms with Gasteiger partial charge in [0.25, 0.3) is 0 Å². The number of rotatable bonds is 1. The Bertz CT molecular complexity index is 676. The first kappa shape index (κ1) is 11.6. The average Bonchev–Trinajstić information content (AvgIpc) is 2.71. The molecule has 0 bridgehead atoms. The molecule has 0 saturated carbocycles. The van der Waals surface area contributed by atoms with E-state index in [1.165, 1.54) is 0 Å². The summed E-state index contributed by atoms with van der Waals surface area (Å²) >= 11 is 0. The maximum Gasteiger partial charge on any atom is 0.157 e. The van der Waals surface area contributed by atoms with Crippen LogP contribution in [0.5, 0.6) is 0 Å². The molecule has 0 atom stereocenters. The molecule has 18 heavy (non-hydrogen) atoms. The zero-order chi connectivity index (χ0) is 12.8. The lowest BCUT2D eigenvalue weighted by Gasteiger charge is -2.21. The number of sulfone groups is 1. The van der Waals surface area contributed by atoms with E-state index in [4.69, 9.17) is 0 Å². The van der Waals surface area contributed by atoms with Crippen LogP contribution in [0.3, 0.4) is 0 Å². The van der Waals surface area contributed by atoms with Gasteiger partial charge in [-0.15, -0.1) is 0 Å². The molecule has 2 aromatic rings. The highest BCUT2D eigenvalue weighted by Crippen LogP contribution is 2.28. The number of nitrogens with zero attached hydrogens (tertiary/aromatic N) is 3. The van der Waals surface area contributed by atoms with Gasteiger partial charge in [0, 0.05) is 24.0 Å². The third kappa shape index (κ3) is 2.01. The summed E-state index contributed by atoms with van der Waals surface area (Å²) in [4.78, 5) is 4.61. The van der Waals surface area contributed by atoms with Crippen LogP contribution in [0.15, 0.2) is 18.3 Å². The maximum atomic E-state index is 11.4. The van der Waals surface area contributed by atoms with Crippen molar-refractivity contribution in [1.82, 2.24) is 14.8 Å². The molecule has 0 aromatic carbocycles. The van der Waals surface area contributed by atoms with Crippen LogP contribution in [-0.2, 0) is 16.9 Å². The number of pyridine rings is 1. The Labute approximate surface area is 106 Å².